The minimum atomic E-state index is 0.178. The van der Waals surface area contributed by atoms with Crippen LogP contribution in [0.2, 0.25) is 5.02 Å². The third kappa shape index (κ3) is 3.46. The number of hydrogen-bond donors (Lipinski definition) is 2. The molecule has 0 fully saturated rings. The molecule has 2 rings (SSSR count). The SMILES string of the molecule is Oc1c(Cl)cccc1CNCCc1ccsc1. The van der Waals surface area contributed by atoms with Crippen LogP contribution in [0.4, 0.5) is 0 Å². The molecule has 2 N–H and O–H groups in total. The summed E-state index contributed by atoms with van der Waals surface area (Å²) in [5.74, 6) is 0.178. The topological polar surface area (TPSA) is 32.3 Å². The first kappa shape index (κ1) is 12.4. The molecule has 0 saturated heterocycles. The number of phenols is 1. The molecule has 0 unspecified atom stereocenters. The summed E-state index contributed by atoms with van der Waals surface area (Å²) in [4.78, 5) is 0. The highest BCUT2D eigenvalue weighted by atomic mass is 35.5. The zero-order valence-electron chi connectivity index (χ0n) is 9.32. The van der Waals surface area contributed by atoms with Crippen LogP contribution in [-0.2, 0) is 13.0 Å². The van der Waals surface area contributed by atoms with Crippen LogP contribution in [0.15, 0.2) is 35.0 Å². The van der Waals surface area contributed by atoms with Crippen molar-refractivity contribution in [1.29, 1.82) is 0 Å². The van der Waals surface area contributed by atoms with Crippen molar-refractivity contribution >= 4 is 22.9 Å². The number of hydrogen-bond acceptors (Lipinski definition) is 3. The highest BCUT2D eigenvalue weighted by Crippen LogP contribution is 2.26. The molecule has 0 atom stereocenters. The fraction of sp³-hybridized carbons (Fsp3) is 0.231. The molecule has 0 aliphatic rings. The largest absolute Gasteiger partial charge is 0.506 e. The third-order valence-electron chi connectivity index (χ3n) is 2.56. The molecule has 0 spiro atoms. The number of halogens is 1. The van der Waals surface area contributed by atoms with E-state index in [2.05, 4.69) is 22.1 Å². The summed E-state index contributed by atoms with van der Waals surface area (Å²) in [6.45, 7) is 1.53. The van der Waals surface area contributed by atoms with Crippen LogP contribution < -0.4 is 5.32 Å². The van der Waals surface area contributed by atoms with Crippen molar-refractivity contribution in [2.24, 2.45) is 0 Å². The molecule has 0 bridgehead atoms. The van der Waals surface area contributed by atoms with Gasteiger partial charge in [0.2, 0.25) is 0 Å². The Bertz CT molecular complexity index is 470. The average molecular weight is 268 g/mol. The van der Waals surface area contributed by atoms with E-state index in [4.69, 9.17) is 11.6 Å². The van der Waals surface area contributed by atoms with Gasteiger partial charge in [0.05, 0.1) is 5.02 Å². The quantitative estimate of drug-likeness (QED) is 0.814. The van der Waals surface area contributed by atoms with E-state index in [0.717, 1.165) is 18.5 Å². The van der Waals surface area contributed by atoms with Crippen LogP contribution in [0.1, 0.15) is 11.1 Å². The normalized spacial score (nSPS) is 10.6. The van der Waals surface area contributed by atoms with Crippen molar-refractivity contribution in [3.05, 3.63) is 51.2 Å². The summed E-state index contributed by atoms with van der Waals surface area (Å²) in [7, 11) is 0. The second-order valence-electron chi connectivity index (χ2n) is 3.81. The van der Waals surface area contributed by atoms with Crippen LogP contribution in [0.25, 0.3) is 0 Å². The lowest BCUT2D eigenvalue weighted by molar-refractivity contribution is 0.465. The first-order valence-electron chi connectivity index (χ1n) is 5.45. The predicted octanol–water partition coefficient (Wildman–Crippen LogP) is 3.44. The van der Waals surface area contributed by atoms with Gasteiger partial charge in [0.25, 0.3) is 0 Å². The Kier molecular flexibility index (Phi) is 4.42. The highest BCUT2D eigenvalue weighted by molar-refractivity contribution is 7.07. The summed E-state index contributed by atoms with van der Waals surface area (Å²) < 4.78 is 0. The summed E-state index contributed by atoms with van der Waals surface area (Å²) in [6.07, 6.45) is 1.00. The molecule has 0 aliphatic heterocycles. The number of nitrogens with one attached hydrogen (secondary N) is 1. The molecule has 2 aromatic rings. The lowest BCUT2D eigenvalue weighted by atomic mass is 10.2. The van der Waals surface area contributed by atoms with Gasteiger partial charge in [-0.25, -0.2) is 0 Å². The third-order valence-corrected chi connectivity index (χ3v) is 3.59. The van der Waals surface area contributed by atoms with Crippen LogP contribution in [0.3, 0.4) is 0 Å². The summed E-state index contributed by atoms with van der Waals surface area (Å²) in [5, 5.41) is 17.6. The Balaban J connectivity index is 1.80. The maximum absolute atomic E-state index is 9.71. The van der Waals surface area contributed by atoms with Crippen molar-refractivity contribution in [1.82, 2.24) is 5.32 Å². The predicted molar refractivity (Wildman–Crippen MR) is 72.8 cm³/mol. The first-order valence-corrected chi connectivity index (χ1v) is 6.77. The fourth-order valence-corrected chi connectivity index (χ4v) is 2.49. The molecule has 0 radical (unpaired) electrons. The molecular weight excluding hydrogens is 254 g/mol. The van der Waals surface area contributed by atoms with Gasteiger partial charge in [0.15, 0.2) is 0 Å². The molecule has 1 heterocycles. The molecule has 90 valence electrons. The lowest BCUT2D eigenvalue weighted by Crippen LogP contribution is -2.16. The minimum Gasteiger partial charge on any atom is -0.506 e. The van der Waals surface area contributed by atoms with Crippen molar-refractivity contribution in [3.8, 4) is 5.75 Å². The summed E-state index contributed by atoms with van der Waals surface area (Å²) >= 11 is 7.54. The average Bonchev–Trinajstić information content (AvgIpc) is 2.83. The minimum absolute atomic E-state index is 0.178. The van der Waals surface area contributed by atoms with Gasteiger partial charge in [-0.05, 0) is 41.4 Å². The lowest BCUT2D eigenvalue weighted by Gasteiger charge is -2.07. The zero-order chi connectivity index (χ0) is 12.1. The van der Waals surface area contributed by atoms with Crippen molar-refractivity contribution in [2.45, 2.75) is 13.0 Å². The van der Waals surface area contributed by atoms with Crippen LogP contribution >= 0.6 is 22.9 Å². The summed E-state index contributed by atoms with van der Waals surface area (Å²) in [5.41, 5.74) is 2.18. The van der Waals surface area contributed by atoms with Gasteiger partial charge in [-0.1, -0.05) is 23.7 Å². The first-order chi connectivity index (χ1) is 8.27. The number of rotatable bonds is 5. The second-order valence-corrected chi connectivity index (χ2v) is 4.99. The van der Waals surface area contributed by atoms with Crippen LogP contribution in [0, 0.1) is 0 Å². The van der Waals surface area contributed by atoms with Gasteiger partial charge < -0.3 is 10.4 Å². The van der Waals surface area contributed by atoms with Crippen LogP contribution in [-0.4, -0.2) is 11.7 Å². The summed E-state index contributed by atoms with van der Waals surface area (Å²) in [6, 6.07) is 7.53. The maximum Gasteiger partial charge on any atom is 0.138 e. The molecule has 0 saturated carbocycles. The van der Waals surface area contributed by atoms with E-state index in [0.29, 0.717) is 11.6 Å². The number of para-hydroxylation sites is 1. The fourth-order valence-electron chi connectivity index (χ4n) is 1.59. The van der Waals surface area contributed by atoms with E-state index < -0.39 is 0 Å². The van der Waals surface area contributed by atoms with Crippen molar-refractivity contribution in [2.75, 3.05) is 6.54 Å². The Hall–Kier alpha value is -1.03. The molecule has 4 heteroatoms. The Labute approximate surface area is 110 Å². The van der Waals surface area contributed by atoms with Gasteiger partial charge in [-0.15, -0.1) is 0 Å². The molecule has 2 nitrogen and oxygen atoms in total. The van der Waals surface area contributed by atoms with Crippen molar-refractivity contribution < 1.29 is 5.11 Å². The molecule has 1 aromatic heterocycles. The van der Waals surface area contributed by atoms with E-state index in [-0.39, 0.29) is 5.75 Å². The van der Waals surface area contributed by atoms with Gasteiger partial charge >= 0.3 is 0 Å². The Morgan fingerprint density at radius 3 is 2.94 bits per heavy atom. The zero-order valence-corrected chi connectivity index (χ0v) is 10.9. The van der Waals surface area contributed by atoms with Gasteiger partial charge in [0, 0.05) is 12.1 Å². The number of phenolic OH excluding ortho intramolecular Hbond substituents is 1. The van der Waals surface area contributed by atoms with E-state index in [1.165, 1.54) is 5.56 Å². The second kappa shape index (κ2) is 6.05. The van der Waals surface area contributed by atoms with E-state index >= 15 is 0 Å². The molecule has 0 aliphatic carbocycles. The molecular formula is C13H14ClNOS. The van der Waals surface area contributed by atoms with E-state index in [1.54, 1.807) is 17.4 Å². The number of aromatic hydroxyl groups is 1. The smallest absolute Gasteiger partial charge is 0.138 e. The van der Waals surface area contributed by atoms with Gasteiger partial charge in [0.1, 0.15) is 5.75 Å². The van der Waals surface area contributed by atoms with Crippen LogP contribution in [0.5, 0.6) is 5.75 Å². The molecule has 0 amide bonds. The molecule has 17 heavy (non-hydrogen) atoms. The maximum atomic E-state index is 9.71. The Morgan fingerprint density at radius 2 is 2.18 bits per heavy atom. The van der Waals surface area contributed by atoms with E-state index in [9.17, 15) is 5.11 Å². The monoisotopic (exact) mass is 267 g/mol. The van der Waals surface area contributed by atoms with E-state index in [1.807, 2.05) is 12.1 Å². The van der Waals surface area contributed by atoms with Crippen molar-refractivity contribution in [3.63, 3.8) is 0 Å². The Morgan fingerprint density at radius 1 is 1.29 bits per heavy atom. The number of benzene rings is 1. The standard InChI is InChI=1S/C13H14ClNOS/c14-12-3-1-2-11(13(12)16)8-15-6-4-10-5-7-17-9-10/h1-3,5,7,9,15-16H,4,6,8H2. The van der Waals surface area contributed by atoms with Gasteiger partial charge in [-0.2, -0.15) is 11.3 Å². The van der Waals surface area contributed by atoms with Gasteiger partial charge in [-0.3, -0.25) is 0 Å². The highest BCUT2D eigenvalue weighted by Gasteiger charge is 2.04. The number of thiophene rings is 1. The molecule has 1 aromatic carbocycles.